The van der Waals surface area contributed by atoms with Gasteiger partial charge in [-0.2, -0.15) is 0 Å². The van der Waals surface area contributed by atoms with Crippen LogP contribution in [-0.2, 0) is 4.74 Å². The molecule has 2 aromatic carbocycles. The van der Waals surface area contributed by atoms with Crippen LogP contribution in [0.25, 0.3) is 0 Å². The second-order valence-corrected chi connectivity index (χ2v) is 7.98. The minimum atomic E-state index is -0.162. The van der Waals surface area contributed by atoms with Crippen LogP contribution in [0.15, 0.2) is 53.4 Å². The lowest BCUT2D eigenvalue weighted by Crippen LogP contribution is -2.44. The molecular formula is C21H25NO4S. The molecular weight excluding hydrogens is 362 g/mol. The number of methoxy groups -OCH3 is 2. The number of amides is 1. The van der Waals surface area contributed by atoms with Gasteiger partial charge in [0.1, 0.15) is 0 Å². The Morgan fingerprint density at radius 3 is 2.48 bits per heavy atom. The Hall–Kier alpha value is -2.18. The highest BCUT2D eigenvalue weighted by Gasteiger charge is 2.34. The molecule has 3 rings (SSSR count). The van der Waals surface area contributed by atoms with Gasteiger partial charge < -0.3 is 19.5 Å². The number of hydrogen-bond donors (Lipinski definition) is 1. The molecule has 1 aliphatic rings. The molecule has 27 heavy (non-hydrogen) atoms. The Morgan fingerprint density at radius 1 is 1.07 bits per heavy atom. The van der Waals surface area contributed by atoms with E-state index in [9.17, 15) is 4.79 Å². The molecule has 0 aliphatic carbocycles. The van der Waals surface area contributed by atoms with Crippen molar-refractivity contribution < 1.29 is 19.0 Å². The van der Waals surface area contributed by atoms with Crippen LogP contribution < -0.4 is 14.8 Å². The fraction of sp³-hybridized carbons (Fsp3) is 0.381. The maximum absolute atomic E-state index is 12.8. The molecule has 0 bridgehead atoms. The summed E-state index contributed by atoms with van der Waals surface area (Å²) in [5.41, 5.74) is 0.476. The number of para-hydroxylation sites is 1. The molecule has 1 saturated heterocycles. The molecule has 0 aromatic heterocycles. The van der Waals surface area contributed by atoms with Gasteiger partial charge in [0.25, 0.3) is 5.91 Å². The van der Waals surface area contributed by atoms with E-state index in [0.29, 0.717) is 36.8 Å². The highest BCUT2D eigenvalue weighted by molar-refractivity contribution is 8.00. The summed E-state index contributed by atoms with van der Waals surface area (Å²) in [4.78, 5) is 14.0. The van der Waals surface area contributed by atoms with Crippen LogP contribution in [0.4, 0.5) is 0 Å². The number of carbonyl (C=O) groups excluding carboxylic acids is 1. The van der Waals surface area contributed by atoms with E-state index in [1.807, 2.05) is 30.0 Å². The Morgan fingerprint density at radius 2 is 1.81 bits per heavy atom. The minimum Gasteiger partial charge on any atom is -0.493 e. The van der Waals surface area contributed by atoms with Crippen molar-refractivity contribution in [1.29, 1.82) is 0 Å². The fourth-order valence-electron chi connectivity index (χ4n) is 3.20. The molecule has 5 nitrogen and oxygen atoms in total. The SMILES string of the molecule is COc1cccc(C(=O)NCC2(Sc3ccccc3)CCOCC2)c1OC. The predicted octanol–water partition coefficient (Wildman–Crippen LogP) is 3.78. The first-order valence-corrected chi connectivity index (χ1v) is 9.80. The van der Waals surface area contributed by atoms with Gasteiger partial charge in [-0.15, -0.1) is 11.8 Å². The van der Waals surface area contributed by atoms with E-state index in [1.165, 1.54) is 4.90 Å². The van der Waals surface area contributed by atoms with E-state index in [4.69, 9.17) is 14.2 Å². The van der Waals surface area contributed by atoms with E-state index in [0.717, 1.165) is 12.8 Å². The quantitative estimate of drug-likeness (QED) is 0.784. The van der Waals surface area contributed by atoms with E-state index in [-0.39, 0.29) is 10.7 Å². The summed E-state index contributed by atoms with van der Waals surface area (Å²) in [6, 6.07) is 15.6. The number of rotatable bonds is 7. The van der Waals surface area contributed by atoms with Crippen molar-refractivity contribution in [2.24, 2.45) is 0 Å². The second kappa shape index (κ2) is 9.15. The van der Waals surface area contributed by atoms with E-state index < -0.39 is 0 Å². The predicted molar refractivity (Wildman–Crippen MR) is 107 cm³/mol. The molecule has 1 N–H and O–H groups in total. The van der Waals surface area contributed by atoms with Gasteiger partial charge in [-0.1, -0.05) is 24.3 Å². The van der Waals surface area contributed by atoms with Crippen LogP contribution in [0, 0.1) is 0 Å². The zero-order valence-corrected chi connectivity index (χ0v) is 16.5. The van der Waals surface area contributed by atoms with E-state index >= 15 is 0 Å². The average molecular weight is 388 g/mol. The summed E-state index contributed by atoms with van der Waals surface area (Å²) in [6.45, 7) is 1.98. The average Bonchev–Trinajstić information content (AvgIpc) is 2.72. The zero-order valence-electron chi connectivity index (χ0n) is 15.7. The lowest BCUT2D eigenvalue weighted by atomic mass is 9.98. The van der Waals surface area contributed by atoms with Crippen molar-refractivity contribution in [3.63, 3.8) is 0 Å². The molecule has 144 valence electrons. The Balaban J connectivity index is 1.75. The fourth-order valence-corrected chi connectivity index (χ4v) is 4.51. The van der Waals surface area contributed by atoms with Gasteiger partial charge in [0.05, 0.1) is 19.8 Å². The molecule has 2 aromatic rings. The number of ether oxygens (including phenoxy) is 3. The lowest BCUT2D eigenvalue weighted by molar-refractivity contribution is 0.0740. The smallest absolute Gasteiger partial charge is 0.255 e. The van der Waals surface area contributed by atoms with Gasteiger partial charge in [-0.25, -0.2) is 0 Å². The molecule has 1 fully saturated rings. The molecule has 0 radical (unpaired) electrons. The lowest BCUT2D eigenvalue weighted by Gasteiger charge is -2.36. The summed E-state index contributed by atoms with van der Waals surface area (Å²) >= 11 is 1.82. The standard InChI is InChI=1S/C21H25NO4S/c1-24-18-10-6-9-17(19(18)25-2)20(23)22-15-21(11-13-26-14-12-21)27-16-7-4-3-5-8-16/h3-10H,11-15H2,1-2H3,(H,22,23). The second-order valence-electron chi connectivity index (χ2n) is 6.43. The van der Waals surface area contributed by atoms with E-state index in [1.54, 1.807) is 32.4 Å². The van der Waals surface area contributed by atoms with Crippen molar-refractivity contribution >= 4 is 17.7 Å². The number of hydrogen-bond acceptors (Lipinski definition) is 5. The first kappa shape index (κ1) is 19.6. The molecule has 0 spiro atoms. The van der Waals surface area contributed by atoms with Crippen molar-refractivity contribution in [3.05, 3.63) is 54.1 Å². The number of nitrogens with one attached hydrogen (secondary N) is 1. The molecule has 0 atom stereocenters. The molecule has 0 saturated carbocycles. The summed E-state index contributed by atoms with van der Waals surface area (Å²) in [5.74, 6) is 0.837. The molecule has 0 unspecified atom stereocenters. The maximum Gasteiger partial charge on any atom is 0.255 e. The number of carbonyl (C=O) groups is 1. The molecule has 1 heterocycles. The topological polar surface area (TPSA) is 56.8 Å². The largest absolute Gasteiger partial charge is 0.493 e. The molecule has 1 amide bonds. The van der Waals surface area contributed by atoms with Crippen molar-refractivity contribution in [1.82, 2.24) is 5.32 Å². The van der Waals surface area contributed by atoms with Gasteiger partial charge in [-0.05, 0) is 37.1 Å². The summed E-state index contributed by atoms with van der Waals surface area (Å²) in [5, 5.41) is 3.10. The summed E-state index contributed by atoms with van der Waals surface area (Å²) in [6.07, 6.45) is 1.78. The van der Waals surface area contributed by atoms with Crippen LogP contribution in [0.2, 0.25) is 0 Å². The van der Waals surface area contributed by atoms with Crippen LogP contribution in [0.3, 0.4) is 0 Å². The third-order valence-electron chi connectivity index (χ3n) is 4.70. The highest BCUT2D eigenvalue weighted by atomic mass is 32.2. The van der Waals surface area contributed by atoms with Gasteiger partial charge in [0.2, 0.25) is 0 Å². The van der Waals surface area contributed by atoms with Crippen molar-refractivity contribution in [2.75, 3.05) is 34.0 Å². The summed E-state index contributed by atoms with van der Waals surface area (Å²) in [7, 11) is 3.10. The third-order valence-corrected chi connectivity index (χ3v) is 6.19. The third kappa shape index (κ3) is 4.76. The van der Waals surface area contributed by atoms with Crippen LogP contribution in [0.1, 0.15) is 23.2 Å². The van der Waals surface area contributed by atoms with Gasteiger partial charge in [0.15, 0.2) is 11.5 Å². The van der Waals surface area contributed by atoms with Crippen molar-refractivity contribution in [2.45, 2.75) is 22.5 Å². The summed E-state index contributed by atoms with van der Waals surface area (Å²) < 4.78 is 16.2. The normalized spacial score (nSPS) is 15.8. The first-order valence-electron chi connectivity index (χ1n) is 8.98. The Bertz CT molecular complexity index is 760. The highest BCUT2D eigenvalue weighted by Crippen LogP contribution is 2.40. The van der Waals surface area contributed by atoms with Gasteiger partial charge in [-0.3, -0.25) is 4.79 Å². The van der Waals surface area contributed by atoms with Crippen molar-refractivity contribution in [3.8, 4) is 11.5 Å². The van der Waals surface area contributed by atoms with Gasteiger partial charge >= 0.3 is 0 Å². The van der Waals surface area contributed by atoms with E-state index in [2.05, 4.69) is 17.4 Å². The Labute approximate surface area is 164 Å². The molecule has 1 aliphatic heterocycles. The Kier molecular flexibility index (Phi) is 6.63. The van der Waals surface area contributed by atoms with Gasteiger partial charge in [0, 0.05) is 29.4 Å². The van der Waals surface area contributed by atoms with Crippen LogP contribution in [-0.4, -0.2) is 44.6 Å². The maximum atomic E-state index is 12.8. The van der Waals surface area contributed by atoms with Crippen LogP contribution >= 0.6 is 11.8 Å². The number of thioether (sulfide) groups is 1. The molecule has 6 heteroatoms. The number of benzene rings is 2. The van der Waals surface area contributed by atoms with Crippen LogP contribution in [0.5, 0.6) is 11.5 Å². The monoisotopic (exact) mass is 387 g/mol. The zero-order chi connectivity index (χ0) is 19.1. The first-order chi connectivity index (χ1) is 13.2. The minimum absolute atomic E-state index is 0.0820.